The summed E-state index contributed by atoms with van der Waals surface area (Å²) in [6.07, 6.45) is 1.66. The highest BCUT2D eigenvalue weighted by Crippen LogP contribution is 2.32. The Balaban J connectivity index is 1.53. The van der Waals surface area contributed by atoms with Crippen molar-refractivity contribution >= 4 is 17.5 Å². The fourth-order valence-corrected chi connectivity index (χ4v) is 3.86. The van der Waals surface area contributed by atoms with Crippen molar-refractivity contribution in [2.24, 2.45) is 5.92 Å². The lowest BCUT2D eigenvalue weighted by Crippen LogP contribution is -2.48. The summed E-state index contributed by atoms with van der Waals surface area (Å²) in [6, 6.07) is 6.26. The van der Waals surface area contributed by atoms with Gasteiger partial charge in [0.25, 0.3) is 0 Å². The summed E-state index contributed by atoms with van der Waals surface area (Å²) in [7, 11) is 1.71. The lowest BCUT2D eigenvalue weighted by atomic mass is 9.79. The third kappa shape index (κ3) is 4.08. The maximum Gasteiger partial charge on any atom is 0.241 e. The average molecular weight is 383 g/mol. The van der Waals surface area contributed by atoms with E-state index in [0.29, 0.717) is 43.2 Å². The fraction of sp³-hybridized carbons (Fsp3) is 0.588. The molecule has 1 saturated heterocycles. The van der Waals surface area contributed by atoms with Gasteiger partial charge in [-0.05, 0) is 18.6 Å². The average Bonchev–Trinajstić information content (AvgIpc) is 3.05. The van der Waals surface area contributed by atoms with Gasteiger partial charge in [0.2, 0.25) is 11.9 Å². The lowest BCUT2D eigenvalue weighted by Gasteiger charge is -2.30. The molecule has 0 bridgehead atoms. The van der Waals surface area contributed by atoms with E-state index in [1.54, 1.807) is 24.1 Å². The van der Waals surface area contributed by atoms with Gasteiger partial charge in [-0.2, -0.15) is 0 Å². The van der Waals surface area contributed by atoms with Crippen molar-refractivity contribution in [2.45, 2.75) is 37.4 Å². The monoisotopic (exact) mass is 382 g/mol. The van der Waals surface area contributed by atoms with E-state index >= 15 is 0 Å². The fourth-order valence-electron chi connectivity index (χ4n) is 3.67. The molecule has 1 aromatic rings. The maximum atomic E-state index is 12.8. The molecule has 2 N–H and O–H groups in total. The molecule has 26 heavy (non-hydrogen) atoms. The number of amides is 1. The van der Waals surface area contributed by atoms with Crippen molar-refractivity contribution in [1.82, 2.24) is 15.8 Å². The van der Waals surface area contributed by atoms with Crippen molar-refractivity contribution in [2.75, 3.05) is 20.2 Å². The molecule has 1 aliphatic carbocycles. The van der Waals surface area contributed by atoms with Gasteiger partial charge in [0.1, 0.15) is 18.4 Å². The second kappa shape index (κ2) is 8.20. The highest BCUT2D eigenvalue weighted by atomic mass is 35.5. The second-order valence-corrected chi connectivity index (χ2v) is 7.23. The molecule has 1 amide bonds. The van der Waals surface area contributed by atoms with Crippen molar-refractivity contribution in [3.8, 4) is 5.75 Å². The Hall–Kier alpha value is -1.90. The Morgan fingerprint density at radius 3 is 2.88 bits per heavy atom. The number of rotatable bonds is 6. The van der Waals surface area contributed by atoms with E-state index < -0.39 is 12.1 Å². The molecule has 2 aliphatic rings. The quantitative estimate of drug-likeness (QED) is 0.571. The molecular weight excluding hydrogens is 360 g/mol. The zero-order valence-corrected chi connectivity index (χ0v) is 15.3. The van der Waals surface area contributed by atoms with Crippen molar-refractivity contribution in [1.29, 1.82) is 0 Å². The van der Waals surface area contributed by atoms with Crippen LogP contribution in [0.5, 0.6) is 5.75 Å². The van der Waals surface area contributed by atoms with Crippen LogP contribution in [0, 0.1) is 16.0 Å². The standard InChI is InChI=1S/C17H23ClN4O4/c1-21(8-9-26-15-5-3-2-4-13(15)18)17(23)16-12-10-11(22(24)25)6-7-14(12)19-20-16/h2-5,11-12,14,16,19-20H,6-10H2,1H3. The molecule has 8 nitrogen and oxygen atoms in total. The number of hydrogen-bond acceptors (Lipinski definition) is 6. The first-order valence-corrected chi connectivity index (χ1v) is 9.12. The Bertz CT molecular complexity index is 674. The molecule has 4 unspecified atom stereocenters. The number of para-hydroxylation sites is 1. The van der Waals surface area contributed by atoms with Gasteiger partial charge in [0, 0.05) is 36.8 Å². The summed E-state index contributed by atoms with van der Waals surface area (Å²) in [6.45, 7) is 0.718. The van der Waals surface area contributed by atoms with Crippen LogP contribution in [0.15, 0.2) is 24.3 Å². The first-order valence-electron chi connectivity index (χ1n) is 8.74. The van der Waals surface area contributed by atoms with Gasteiger partial charge in [-0.15, -0.1) is 0 Å². The zero-order chi connectivity index (χ0) is 18.7. The predicted molar refractivity (Wildman–Crippen MR) is 96.6 cm³/mol. The number of carbonyl (C=O) groups is 1. The number of hydrazine groups is 1. The minimum absolute atomic E-state index is 0.0708. The number of nitrogens with zero attached hydrogens (tertiary/aromatic N) is 2. The minimum atomic E-state index is -0.567. The highest BCUT2D eigenvalue weighted by molar-refractivity contribution is 6.32. The molecular formula is C17H23ClN4O4. The number of likely N-dealkylation sites (N-methyl/N-ethyl adjacent to an activating group) is 1. The third-order valence-electron chi connectivity index (χ3n) is 5.19. The number of carbonyl (C=O) groups excluding carboxylic acids is 1. The first kappa shape index (κ1) is 18.9. The molecule has 0 aromatic heterocycles. The summed E-state index contributed by atoms with van der Waals surface area (Å²) in [5.74, 6) is 0.423. The molecule has 3 rings (SSSR count). The predicted octanol–water partition coefficient (Wildman–Crippen LogP) is 1.47. The molecule has 1 aliphatic heterocycles. The number of hydrogen-bond donors (Lipinski definition) is 2. The van der Waals surface area contributed by atoms with Crippen LogP contribution in [0.4, 0.5) is 0 Å². The number of halogens is 1. The van der Waals surface area contributed by atoms with Crippen molar-refractivity contribution in [3.05, 3.63) is 39.4 Å². The van der Waals surface area contributed by atoms with Crippen LogP contribution in [0.1, 0.15) is 19.3 Å². The van der Waals surface area contributed by atoms with Crippen LogP contribution in [-0.4, -0.2) is 54.1 Å². The van der Waals surface area contributed by atoms with Crippen molar-refractivity contribution < 1.29 is 14.5 Å². The van der Waals surface area contributed by atoms with E-state index in [4.69, 9.17) is 16.3 Å². The van der Waals surface area contributed by atoms with Crippen LogP contribution in [0.2, 0.25) is 5.02 Å². The van der Waals surface area contributed by atoms with E-state index in [0.717, 1.165) is 0 Å². The minimum Gasteiger partial charge on any atom is -0.490 e. The van der Waals surface area contributed by atoms with Gasteiger partial charge in [-0.1, -0.05) is 23.7 Å². The number of ether oxygens (including phenoxy) is 1. The largest absolute Gasteiger partial charge is 0.490 e. The molecule has 4 atom stereocenters. The molecule has 0 spiro atoms. The topological polar surface area (TPSA) is 96.7 Å². The molecule has 1 saturated carbocycles. The third-order valence-corrected chi connectivity index (χ3v) is 5.50. The van der Waals surface area contributed by atoms with Gasteiger partial charge in [0.15, 0.2) is 0 Å². The van der Waals surface area contributed by atoms with Gasteiger partial charge < -0.3 is 9.64 Å². The van der Waals surface area contributed by atoms with Gasteiger partial charge in [0.05, 0.1) is 11.6 Å². The molecule has 2 fully saturated rings. The van der Waals surface area contributed by atoms with E-state index in [-0.39, 0.29) is 22.8 Å². The molecule has 142 valence electrons. The van der Waals surface area contributed by atoms with E-state index in [2.05, 4.69) is 10.9 Å². The Morgan fingerprint density at radius 1 is 1.38 bits per heavy atom. The smallest absolute Gasteiger partial charge is 0.241 e. The van der Waals surface area contributed by atoms with E-state index in [9.17, 15) is 14.9 Å². The number of nitrogens with one attached hydrogen (secondary N) is 2. The summed E-state index contributed by atoms with van der Waals surface area (Å²) < 4.78 is 5.62. The number of nitro groups is 1. The SMILES string of the molecule is CN(CCOc1ccccc1Cl)C(=O)C1NNC2CCC([N+](=O)[O-])CC21. The normalized spacial score (nSPS) is 27.6. The van der Waals surface area contributed by atoms with Crippen LogP contribution < -0.4 is 15.6 Å². The number of fused-ring (bicyclic) bond motifs is 1. The van der Waals surface area contributed by atoms with Crippen molar-refractivity contribution in [3.63, 3.8) is 0 Å². The Kier molecular flexibility index (Phi) is 5.95. The molecule has 9 heteroatoms. The second-order valence-electron chi connectivity index (χ2n) is 6.83. The van der Waals surface area contributed by atoms with Gasteiger partial charge in [-0.3, -0.25) is 20.3 Å². The summed E-state index contributed by atoms with van der Waals surface area (Å²) in [4.78, 5) is 25.2. The van der Waals surface area contributed by atoms with E-state index in [1.807, 2.05) is 12.1 Å². The molecule has 1 heterocycles. The van der Waals surface area contributed by atoms with Crippen LogP contribution in [0.3, 0.4) is 0 Å². The number of benzene rings is 1. The summed E-state index contributed by atoms with van der Waals surface area (Å²) >= 11 is 6.04. The maximum absolute atomic E-state index is 12.8. The van der Waals surface area contributed by atoms with Gasteiger partial charge in [-0.25, -0.2) is 5.43 Å². The van der Waals surface area contributed by atoms with Gasteiger partial charge >= 0.3 is 0 Å². The highest BCUT2D eigenvalue weighted by Gasteiger charge is 2.47. The Morgan fingerprint density at radius 2 is 2.15 bits per heavy atom. The summed E-state index contributed by atoms with van der Waals surface area (Å²) in [5, 5.41) is 11.6. The molecule has 0 radical (unpaired) electrons. The first-order chi connectivity index (χ1) is 12.5. The summed E-state index contributed by atoms with van der Waals surface area (Å²) in [5.41, 5.74) is 6.15. The Labute approximate surface area is 156 Å². The van der Waals surface area contributed by atoms with Crippen LogP contribution in [-0.2, 0) is 4.79 Å². The lowest BCUT2D eigenvalue weighted by molar-refractivity contribution is -0.528. The van der Waals surface area contributed by atoms with Crippen LogP contribution >= 0.6 is 11.6 Å². The molecule has 1 aromatic carbocycles. The zero-order valence-electron chi connectivity index (χ0n) is 14.6. The van der Waals surface area contributed by atoms with Crippen LogP contribution in [0.25, 0.3) is 0 Å². The van der Waals surface area contributed by atoms with E-state index in [1.165, 1.54) is 0 Å².